The van der Waals surface area contributed by atoms with Crippen LogP contribution in [0.2, 0.25) is 0 Å². The van der Waals surface area contributed by atoms with Gasteiger partial charge in [0, 0.05) is 13.6 Å². The third-order valence-corrected chi connectivity index (χ3v) is 3.21. The molecule has 0 heterocycles. The largest absolute Gasteiger partial charge is 0.366 e. The van der Waals surface area contributed by atoms with Crippen molar-refractivity contribution in [3.63, 3.8) is 0 Å². The molecular weight excluding hydrogens is 220 g/mol. The molecule has 0 amide bonds. The van der Waals surface area contributed by atoms with Crippen LogP contribution in [0.4, 0.5) is 5.69 Å². The smallest absolute Gasteiger partial charge is 0.0909 e. The highest BCUT2D eigenvalue weighted by atomic mass is 15.1. The molecule has 0 aliphatic heterocycles. The molecule has 1 aromatic carbocycles. The van der Waals surface area contributed by atoms with E-state index in [1.165, 1.54) is 29.7 Å². The number of nitrogens with zero attached hydrogens (tertiary/aromatic N) is 2. The van der Waals surface area contributed by atoms with E-state index in [1.54, 1.807) is 0 Å². The topological polar surface area (TPSA) is 15.6 Å². The van der Waals surface area contributed by atoms with Crippen LogP contribution in [0.5, 0.6) is 0 Å². The van der Waals surface area contributed by atoms with Gasteiger partial charge >= 0.3 is 0 Å². The minimum Gasteiger partial charge on any atom is -0.366 e. The van der Waals surface area contributed by atoms with Crippen molar-refractivity contribution in [3.8, 4) is 0 Å². The van der Waals surface area contributed by atoms with Crippen molar-refractivity contribution in [2.75, 3.05) is 13.6 Å². The Bertz CT molecular complexity index is 360. The minimum atomic E-state index is 1.04. The quantitative estimate of drug-likeness (QED) is 0.520. The third kappa shape index (κ3) is 4.17. The molecule has 2 nitrogen and oxygen atoms in total. The molecule has 0 bridgehead atoms. The van der Waals surface area contributed by atoms with Crippen LogP contribution in [0.15, 0.2) is 23.2 Å². The monoisotopic (exact) mass is 246 g/mol. The van der Waals surface area contributed by atoms with E-state index in [0.717, 1.165) is 19.4 Å². The van der Waals surface area contributed by atoms with Crippen molar-refractivity contribution in [3.05, 3.63) is 29.3 Å². The van der Waals surface area contributed by atoms with Crippen LogP contribution in [-0.2, 0) is 12.8 Å². The lowest BCUT2D eigenvalue weighted by Gasteiger charge is -2.13. The van der Waals surface area contributed by atoms with Gasteiger partial charge in [-0.15, -0.1) is 0 Å². The van der Waals surface area contributed by atoms with Gasteiger partial charge in [-0.05, 0) is 30.4 Å². The van der Waals surface area contributed by atoms with Crippen LogP contribution < -0.4 is 0 Å². The van der Waals surface area contributed by atoms with Crippen molar-refractivity contribution in [2.24, 2.45) is 4.99 Å². The molecule has 100 valence electrons. The predicted octanol–water partition coefficient (Wildman–Crippen LogP) is 4.20. The first-order valence-corrected chi connectivity index (χ1v) is 7.08. The fraction of sp³-hybridized carbons (Fsp3) is 0.562. The molecule has 0 saturated carbocycles. The molecular formula is C16H26N2. The maximum absolute atomic E-state index is 4.70. The molecule has 0 atom stereocenters. The van der Waals surface area contributed by atoms with E-state index in [9.17, 15) is 0 Å². The molecule has 0 spiro atoms. The number of aryl methyl sites for hydroxylation is 2. The van der Waals surface area contributed by atoms with Crippen molar-refractivity contribution in [1.29, 1.82) is 0 Å². The fourth-order valence-electron chi connectivity index (χ4n) is 2.00. The summed E-state index contributed by atoms with van der Waals surface area (Å²) < 4.78 is 0. The highest BCUT2D eigenvalue weighted by Crippen LogP contribution is 2.25. The second-order valence-electron chi connectivity index (χ2n) is 4.71. The van der Waals surface area contributed by atoms with Crippen LogP contribution in [0.25, 0.3) is 0 Å². The van der Waals surface area contributed by atoms with E-state index in [4.69, 9.17) is 4.99 Å². The Kier molecular flexibility index (Phi) is 6.48. The van der Waals surface area contributed by atoms with Gasteiger partial charge in [-0.3, -0.25) is 0 Å². The molecule has 18 heavy (non-hydrogen) atoms. The Hall–Kier alpha value is -1.31. The van der Waals surface area contributed by atoms with Gasteiger partial charge in [0.15, 0.2) is 0 Å². The molecule has 2 heteroatoms. The summed E-state index contributed by atoms with van der Waals surface area (Å²) in [5.41, 5.74) is 3.86. The second kappa shape index (κ2) is 7.91. The van der Waals surface area contributed by atoms with E-state index in [2.05, 4.69) is 50.9 Å². The number of unbranched alkanes of at least 4 members (excludes halogenated alkanes) is 1. The lowest BCUT2D eigenvalue weighted by atomic mass is 10.0. The van der Waals surface area contributed by atoms with E-state index in [-0.39, 0.29) is 0 Å². The number of benzene rings is 1. The van der Waals surface area contributed by atoms with Gasteiger partial charge in [-0.2, -0.15) is 0 Å². The zero-order valence-corrected chi connectivity index (χ0v) is 12.2. The summed E-state index contributed by atoms with van der Waals surface area (Å²) in [4.78, 5) is 6.88. The molecule has 0 N–H and O–H groups in total. The molecule has 0 unspecified atom stereocenters. The van der Waals surface area contributed by atoms with Gasteiger partial charge < -0.3 is 4.90 Å². The van der Waals surface area contributed by atoms with E-state index < -0.39 is 0 Å². The average molecular weight is 246 g/mol. The van der Waals surface area contributed by atoms with Crippen LogP contribution in [-0.4, -0.2) is 24.8 Å². The summed E-state index contributed by atoms with van der Waals surface area (Å²) in [5, 5.41) is 0. The van der Waals surface area contributed by atoms with Gasteiger partial charge in [0.05, 0.1) is 12.0 Å². The summed E-state index contributed by atoms with van der Waals surface area (Å²) in [6.45, 7) is 7.67. The highest BCUT2D eigenvalue weighted by Gasteiger charge is 2.04. The van der Waals surface area contributed by atoms with E-state index in [0.29, 0.717) is 0 Å². The summed E-state index contributed by atoms with van der Waals surface area (Å²) in [6, 6.07) is 6.49. The molecule has 1 rings (SSSR count). The van der Waals surface area contributed by atoms with Crippen LogP contribution >= 0.6 is 0 Å². The molecule has 0 aromatic heterocycles. The first-order chi connectivity index (χ1) is 8.72. The summed E-state index contributed by atoms with van der Waals surface area (Å²) >= 11 is 0. The van der Waals surface area contributed by atoms with Gasteiger partial charge in [0.1, 0.15) is 0 Å². The first kappa shape index (κ1) is 14.7. The molecule has 1 aromatic rings. The number of aliphatic imine (C=N–C) groups is 1. The van der Waals surface area contributed by atoms with Crippen LogP contribution in [0.3, 0.4) is 0 Å². The van der Waals surface area contributed by atoms with E-state index in [1.807, 2.05) is 6.34 Å². The molecule has 0 fully saturated rings. The molecule has 0 aliphatic carbocycles. The van der Waals surface area contributed by atoms with Crippen molar-refractivity contribution >= 4 is 12.0 Å². The van der Waals surface area contributed by atoms with Crippen LogP contribution in [0, 0.1) is 0 Å². The standard InChI is InChI=1S/C16H26N2/c1-5-8-12-18(4)13-17-16-14(6-2)10-9-11-15(16)7-3/h9-11,13H,5-8,12H2,1-4H3. The first-order valence-electron chi connectivity index (χ1n) is 7.08. The number of rotatable bonds is 7. The van der Waals surface area contributed by atoms with Gasteiger partial charge in [-0.1, -0.05) is 45.4 Å². The lowest BCUT2D eigenvalue weighted by molar-refractivity contribution is 0.497. The van der Waals surface area contributed by atoms with Crippen molar-refractivity contribution in [1.82, 2.24) is 4.90 Å². The SMILES string of the molecule is CCCCN(C)C=Nc1c(CC)cccc1CC. The maximum atomic E-state index is 4.70. The number of para-hydroxylation sites is 1. The Morgan fingerprint density at radius 3 is 2.22 bits per heavy atom. The zero-order valence-electron chi connectivity index (χ0n) is 12.2. The number of hydrogen-bond donors (Lipinski definition) is 0. The highest BCUT2D eigenvalue weighted by molar-refractivity contribution is 5.65. The summed E-state index contributed by atoms with van der Waals surface area (Å²) in [7, 11) is 2.10. The Morgan fingerprint density at radius 2 is 1.72 bits per heavy atom. The Morgan fingerprint density at radius 1 is 1.11 bits per heavy atom. The predicted molar refractivity (Wildman–Crippen MR) is 80.9 cm³/mol. The van der Waals surface area contributed by atoms with Gasteiger partial charge in [-0.25, -0.2) is 4.99 Å². The van der Waals surface area contributed by atoms with Crippen molar-refractivity contribution in [2.45, 2.75) is 46.5 Å². The average Bonchev–Trinajstić information content (AvgIpc) is 2.42. The van der Waals surface area contributed by atoms with Gasteiger partial charge in [0.2, 0.25) is 0 Å². The molecule has 0 saturated heterocycles. The summed E-state index contributed by atoms with van der Waals surface area (Å²) in [5.74, 6) is 0. The Balaban J connectivity index is 2.84. The maximum Gasteiger partial charge on any atom is 0.0909 e. The molecule has 0 radical (unpaired) electrons. The fourth-order valence-corrected chi connectivity index (χ4v) is 2.00. The summed E-state index contributed by atoms with van der Waals surface area (Å²) in [6.07, 6.45) is 6.50. The van der Waals surface area contributed by atoms with Gasteiger partial charge in [0.25, 0.3) is 0 Å². The third-order valence-electron chi connectivity index (χ3n) is 3.21. The van der Waals surface area contributed by atoms with E-state index >= 15 is 0 Å². The van der Waals surface area contributed by atoms with Crippen LogP contribution in [0.1, 0.15) is 44.7 Å². The minimum absolute atomic E-state index is 1.04. The second-order valence-corrected chi connectivity index (χ2v) is 4.71. The number of hydrogen-bond acceptors (Lipinski definition) is 1. The molecule has 0 aliphatic rings. The Labute approximate surface area is 112 Å². The van der Waals surface area contributed by atoms with Crippen molar-refractivity contribution < 1.29 is 0 Å². The normalized spacial score (nSPS) is 11.1. The zero-order chi connectivity index (χ0) is 13.4. The lowest BCUT2D eigenvalue weighted by Crippen LogP contribution is -2.17.